The lowest BCUT2D eigenvalue weighted by Crippen LogP contribution is -2.23. The number of phenolic OH excluding ortho intramolecular Hbond substituents is 1. The van der Waals surface area contributed by atoms with Crippen molar-refractivity contribution in [2.24, 2.45) is 0 Å². The number of methoxy groups -OCH3 is 1. The molecule has 0 unspecified atom stereocenters. The molecular formula is C17H16N2O3. The Labute approximate surface area is 127 Å². The van der Waals surface area contributed by atoms with Gasteiger partial charge in [0.25, 0.3) is 5.91 Å². The molecule has 0 saturated carbocycles. The van der Waals surface area contributed by atoms with E-state index in [2.05, 4.69) is 10.3 Å². The van der Waals surface area contributed by atoms with Crippen LogP contribution in [0.5, 0.6) is 11.5 Å². The van der Waals surface area contributed by atoms with Crippen molar-refractivity contribution in [3.8, 4) is 11.5 Å². The maximum absolute atomic E-state index is 12.2. The van der Waals surface area contributed by atoms with Crippen LogP contribution in [0.15, 0.2) is 48.5 Å². The van der Waals surface area contributed by atoms with Crippen LogP contribution in [-0.4, -0.2) is 23.1 Å². The number of rotatable bonds is 4. The van der Waals surface area contributed by atoms with E-state index in [-0.39, 0.29) is 11.7 Å². The first-order valence-corrected chi connectivity index (χ1v) is 6.89. The summed E-state index contributed by atoms with van der Waals surface area (Å²) in [7, 11) is 1.60. The lowest BCUT2D eigenvalue weighted by atomic mass is 10.2. The average molecular weight is 296 g/mol. The Balaban J connectivity index is 1.76. The van der Waals surface area contributed by atoms with E-state index >= 15 is 0 Å². The fraction of sp³-hybridized carbons (Fsp3) is 0.118. The monoisotopic (exact) mass is 296 g/mol. The van der Waals surface area contributed by atoms with E-state index < -0.39 is 0 Å². The number of benzene rings is 2. The summed E-state index contributed by atoms with van der Waals surface area (Å²) >= 11 is 0. The molecule has 0 radical (unpaired) electrons. The third-order valence-electron chi connectivity index (χ3n) is 3.48. The Hall–Kier alpha value is -2.95. The SMILES string of the molecule is COc1ccccc1CNC(=O)c1cc2cc(O)ccc2[nH]1. The first-order chi connectivity index (χ1) is 10.7. The van der Waals surface area contributed by atoms with Crippen molar-refractivity contribution in [1.82, 2.24) is 10.3 Å². The number of amides is 1. The summed E-state index contributed by atoms with van der Waals surface area (Å²) in [5.74, 6) is 0.707. The molecule has 5 nitrogen and oxygen atoms in total. The van der Waals surface area contributed by atoms with E-state index in [1.807, 2.05) is 24.3 Å². The minimum absolute atomic E-state index is 0.174. The van der Waals surface area contributed by atoms with Gasteiger partial charge in [0.15, 0.2) is 0 Å². The molecule has 0 atom stereocenters. The molecule has 1 amide bonds. The largest absolute Gasteiger partial charge is 0.508 e. The van der Waals surface area contributed by atoms with Gasteiger partial charge >= 0.3 is 0 Å². The van der Waals surface area contributed by atoms with Crippen molar-refractivity contribution in [3.63, 3.8) is 0 Å². The number of para-hydroxylation sites is 1. The van der Waals surface area contributed by atoms with Crippen molar-refractivity contribution >= 4 is 16.8 Å². The van der Waals surface area contributed by atoms with Crippen LogP contribution in [0, 0.1) is 0 Å². The van der Waals surface area contributed by atoms with E-state index in [9.17, 15) is 9.90 Å². The first kappa shape index (κ1) is 14.0. The second kappa shape index (κ2) is 5.81. The van der Waals surface area contributed by atoms with Crippen molar-refractivity contribution < 1.29 is 14.6 Å². The fourth-order valence-corrected chi connectivity index (χ4v) is 2.36. The molecule has 1 heterocycles. The number of ether oxygens (including phenoxy) is 1. The van der Waals surface area contributed by atoms with Gasteiger partial charge in [-0.2, -0.15) is 0 Å². The highest BCUT2D eigenvalue weighted by molar-refractivity contribution is 5.98. The number of aromatic hydroxyl groups is 1. The molecule has 0 aliphatic carbocycles. The van der Waals surface area contributed by atoms with Crippen LogP contribution >= 0.6 is 0 Å². The van der Waals surface area contributed by atoms with Gasteiger partial charge in [0.1, 0.15) is 17.2 Å². The van der Waals surface area contributed by atoms with E-state index in [1.54, 1.807) is 31.4 Å². The summed E-state index contributed by atoms with van der Waals surface area (Å²) in [6.07, 6.45) is 0. The van der Waals surface area contributed by atoms with Crippen LogP contribution in [-0.2, 0) is 6.54 Å². The summed E-state index contributed by atoms with van der Waals surface area (Å²) in [5, 5.41) is 13.1. The molecule has 0 aliphatic rings. The number of fused-ring (bicyclic) bond motifs is 1. The molecule has 112 valence electrons. The van der Waals surface area contributed by atoms with E-state index in [0.29, 0.717) is 12.2 Å². The molecule has 0 bridgehead atoms. The van der Waals surface area contributed by atoms with Gasteiger partial charge in [0.05, 0.1) is 7.11 Å². The van der Waals surface area contributed by atoms with Gasteiger partial charge in [0, 0.05) is 23.0 Å². The van der Waals surface area contributed by atoms with Crippen LogP contribution in [0.1, 0.15) is 16.1 Å². The number of carbonyl (C=O) groups is 1. The molecule has 2 aromatic carbocycles. The summed E-state index contributed by atoms with van der Waals surface area (Å²) < 4.78 is 5.26. The van der Waals surface area contributed by atoms with Gasteiger partial charge < -0.3 is 20.1 Å². The summed E-state index contributed by atoms with van der Waals surface area (Å²) in [6, 6.07) is 14.2. The Bertz CT molecular complexity index is 824. The van der Waals surface area contributed by atoms with Crippen LogP contribution in [0.4, 0.5) is 0 Å². The number of aromatic nitrogens is 1. The minimum atomic E-state index is -0.207. The molecule has 3 rings (SSSR count). The molecule has 0 fully saturated rings. The molecule has 22 heavy (non-hydrogen) atoms. The zero-order valence-electron chi connectivity index (χ0n) is 12.1. The van der Waals surface area contributed by atoms with Gasteiger partial charge in [-0.25, -0.2) is 0 Å². The highest BCUT2D eigenvalue weighted by Gasteiger charge is 2.10. The second-order valence-electron chi connectivity index (χ2n) is 4.95. The third-order valence-corrected chi connectivity index (χ3v) is 3.48. The number of aromatic amines is 1. The number of phenols is 1. The molecule has 1 aromatic heterocycles. The maximum Gasteiger partial charge on any atom is 0.267 e. The van der Waals surface area contributed by atoms with Crippen LogP contribution < -0.4 is 10.1 Å². The predicted octanol–water partition coefficient (Wildman–Crippen LogP) is 2.81. The Morgan fingerprint density at radius 1 is 1.23 bits per heavy atom. The van der Waals surface area contributed by atoms with Gasteiger partial charge in [-0.05, 0) is 30.3 Å². The topological polar surface area (TPSA) is 74.3 Å². The van der Waals surface area contributed by atoms with Crippen LogP contribution in [0.2, 0.25) is 0 Å². The number of hydrogen-bond donors (Lipinski definition) is 3. The third kappa shape index (κ3) is 2.74. The molecule has 3 N–H and O–H groups in total. The summed E-state index contributed by atoms with van der Waals surface area (Å²) in [6.45, 7) is 0.378. The summed E-state index contributed by atoms with van der Waals surface area (Å²) in [4.78, 5) is 15.3. The smallest absolute Gasteiger partial charge is 0.267 e. The number of H-pyrrole nitrogens is 1. The number of carbonyl (C=O) groups excluding carboxylic acids is 1. The molecule has 0 spiro atoms. The number of hydrogen-bond acceptors (Lipinski definition) is 3. The Morgan fingerprint density at radius 2 is 2.05 bits per heavy atom. The van der Waals surface area contributed by atoms with E-state index in [4.69, 9.17) is 4.74 Å². The van der Waals surface area contributed by atoms with Crippen molar-refractivity contribution in [1.29, 1.82) is 0 Å². The highest BCUT2D eigenvalue weighted by atomic mass is 16.5. The standard InChI is InChI=1S/C17H16N2O3/c1-22-16-5-3-2-4-11(16)10-18-17(21)15-9-12-8-13(20)6-7-14(12)19-15/h2-9,19-20H,10H2,1H3,(H,18,21). The zero-order chi connectivity index (χ0) is 15.5. The van der Waals surface area contributed by atoms with Crippen molar-refractivity contribution in [3.05, 3.63) is 59.8 Å². The van der Waals surface area contributed by atoms with Crippen molar-refractivity contribution in [2.75, 3.05) is 7.11 Å². The normalized spacial score (nSPS) is 10.6. The Morgan fingerprint density at radius 3 is 2.86 bits per heavy atom. The molecule has 5 heteroatoms. The second-order valence-corrected chi connectivity index (χ2v) is 4.95. The molecule has 0 aliphatic heterocycles. The Kier molecular flexibility index (Phi) is 3.70. The quantitative estimate of drug-likeness (QED) is 0.693. The lowest BCUT2D eigenvalue weighted by Gasteiger charge is -2.08. The van der Waals surface area contributed by atoms with Gasteiger partial charge in [-0.3, -0.25) is 4.79 Å². The van der Waals surface area contributed by atoms with E-state index in [0.717, 1.165) is 22.2 Å². The average Bonchev–Trinajstić information content (AvgIpc) is 2.96. The fourth-order valence-electron chi connectivity index (χ4n) is 2.36. The molecule has 0 saturated heterocycles. The van der Waals surface area contributed by atoms with Crippen LogP contribution in [0.25, 0.3) is 10.9 Å². The summed E-state index contributed by atoms with van der Waals surface area (Å²) in [5.41, 5.74) is 2.17. The first-order valence-electron chi connectivity index (χ1n) is 6.89. The zero-order valence-corrected chi connectivity index (χ0v) is 12.1. The van der Waals surface area contributed by atoms with Gasteiger partial charge in [-0.1, -0.05) is 18.2 Å². The molecule has 3 aromatic rings. The van der Waals surface area contributed by atoms with Gasteiger partial charge in [-0.15, -0.1) is 0 Å². The predicted molar refractivity (Wildman–Crippen MR) is 84.1 cm³/mol. The van der Waals surface area contributed by atoms with Gasteiger partial charge in [0.2, 0.25) is 0 Å². The van der Waals surface area contributed by atoms with E-state index in [1.165, 1.54) is 0 Å². The highest BCUT2D eigenvalue weighted by Crippen LogP contribution is 2.21. The van der Waals surface area contributed by atoms with Crippen LogP contribution in [0.3, 0.4) is 0 Å². The van der Waals surface area contributed by atoms with Crippen molar-refractivity contribution in [2.45, 2.75) is 6.54 Å². The minimum Gasteiger partial charge on any atom is -0.508 e. The maximum atomic E-state index is 12.2. The molecular weight excluding hydrogens is 280 g/mol. The number of nitrogens with one attached hydrogen (secondary N) is 2. The lowest BCUT2D eigenvalue weighted by molar-refractivity contribution is 0.0946.